The highest BCUT2D eigenvalue weighted by atomic mass is 79.9. The van der Waals surface area contributed by atoms with Gasteiger partial charge >= 0.3 is 0 Å². The molecule has 3 aromatic carbocycles. The Hall–Kier alpha value is -3.78. The van der Waals surface area contributed by atoms with Crippen molar-refractivity contribution in [3.8, 4) is 17.2 Å². The molecule has 0 atom stereocenters. The van der Waals surface area contributed by atoms with Crippen molar-refractivity contribution < 1.29 is 23.8 Å². The molecule has 0 aromatic heterocycles. The van der Waals surface area contributed by atoms with Crippen LogP contribution in [-0.4, -0.2) is 32.6 Å². The molecular weight excluding hydrogens is 500 g/mol. The number of nitrogens with zero attached hydrogens (tertiary/aromatic N) is 1. The van der Waals surface area contributed by atoms with Gasteiger partial charge in [0.2, 0.25) is 5.91 Å². The summed E-state index contributed by atoms with van der Waals surface area (Å²) in [5, 5.41) is 2.86. The van der Waals surface area contributed by atoms with Crippen molar-refractivity contribution >= 4 is 39.5 Å². The molecule has 0 bridgehead atoms. The van der Waals surface area contributed by atoms with Crippen LogP contribution in [0.1, 0.15) is 11.1 Å². The third kappa shape index (κ3) is 5.07. The number of rotatable bonds is 7. The Kier molecular flexibility index (Phi) is 7.18. The molecule has 34 heavy (non-hydrogen) atoms. The van der Waals surface area contributed by atoms with Crippen molar-refractivity contribution in [1.82, 2.24) is 5.32 Å². The molecule has 3 aromatic rings. The highest BCUT2D eigenvalue weighted by molar-refractivity contribution is 9.10. The van der Waals surface area contributed by atoms with E-state index in [1.54, 1.807) is 44.6 Å². The lowest BCUT2D eigenvalue weighted by atomic mass is 10.1. The molecule has 1 N–H and O–H groups in total. The van der Waals surface area contributed by atoms with Gasteiger partial charge in [-0.2, -0.15) is 0 Å². The topological polar surface area (TPSA) is 77.1 Å². The summed E-state index contributed by atoms with van der Waals surface area (Å²) < 4.78 is 17.2. The van der Waals surface area contributed by atoms with Crippen molar-refractivity contribution in [2.24, 2.45) is 0 Å². The molecule has 0 radical (unpaired) electrons. The van der Waals surface area contributed by atoms with Crippen molar-refractivity contribution in [3.63, 3.8) is 0 Å². The van der Waals surface area contributed by atoms with Gasteiger partial charge in [-0.15, -0.1) is 0 Å². The SMILES string of the molecule is COc1ccc(/C=C2\Oc3ccccc3N(CC(=O)NCc3ccccc3OC)C2=O)cc1Br. The second kappa shape index (κ2) is 10.4. The number of fused-ring (bicyclic) bond motifs is 1. The fraction of sp³-hybridized carbons (Fsp3) is 0.154. The summed E-state index contributed by atoms with van der Waals surface area (Å²) in [6.45, 7) is 0.129. The average Bonchev–Trinajstić information content (AvgIpc) is 2.85. The second-order valence-electron chi connectivity index (χ2n) is 7.45. The third-order valence-corrected chi connectivity index (χ3v) is 5.90. The van der Waals surface area contributed by atoms with Gasteiger partial charge in [-0.3, -0.25) is 14.5 Å². The highest BCUT2D eigenvalue weighted by Gasteiger charge is 2.31. The number of hydrogen-bond donors (Lipinski definition) is 1. The molecule has 7 nitrogen and oxygen atoms in total. The zero-order valence-corrected chi connectivity index (χ0v) is 20.3. The minimum Gasteiger partial charge on any atom is -0.496 e. The second-order valence-corrected chi connectivity index (χ2v) is 8.31. The summed E-state index contributed by atoms with van der Waals surface area (Å²) in [6.07, 6.45) is 1.64. The predicted molar refractivity (Wildman–Crippen MR) is 133 cm³/mol. The van der Waals surface area contributed by atoms with Crippen molar-refractivity contribution in [2.45, 2.75) is 6.54 Å². The number of halogens is 1. The molecular formula is C26H23BrN2O5. The molecule has 174 valence electrons. The monoisotopic (exact) mass is 522 g/mol. The smallest absolute Gasteiger partial charge is 0.294 e. The van der Waals surface area contributed by atoms with E-state index in [0.29, 0.717) is 22.9 Å². The zero-order chi connectivity index (χ0) is 24.1. The van der Waals surface area contributed by atoms with Crippen LogP contribution in [0.3, 0.4) is 0 Å². The zero-order valence-electron chi connectivity index (χ0n) is 18.7. The first kappa shape index (κ1) is 23.4. The number of methoxy groups -OCH3 is 2. The number of benzene rings is 3. The average molecular weight is 523 g/mol. The molecule has 1 aliphatic rings. The highest BCUT2D eigenvalue weighted by Crippen LogP contribution is 2.36. The standard InChI is InChI=1S/C26H23BrN2O5/c1-32-21-9-5-3-7-18(21)15-28-25(30)16-29-20-8-4-6-10-23(20)34-24(26(29)31)14-17-11-12-22(33-2)19(27)13-17/h3-14H,15-16H2,1-2H3,(H,28,30)/b24-14-. The Labute approximate surface area is 206 Å². The fourth-order valence-corrected chi connectivity index (χ4v) is 4.14. The van der Waals surface area contributed by atoms with Gasteiger partial charge in [0.25, 0.3) is 5.91 Å². The summed E-state index contributed by atoms with van der Waals surface area (Å²) >= 11 is 3.45. The van der Waals surface area contributed by atoms with E-state index in [1.165, 1.54) is 4.90 Å². The van der Waals surface area contributed by atoms with Crippen LogP contribution in [0, 0.1) is 0 Å². The van der Waals surface area contributed by atoms with E-state index in [-0.39, 0.29) is 24.8 Å². The van der Waals surface area contributed by atoms with Crippen molar-refractivity contribution in [1.29, 1.82) is 0 Å². The summed E-state index contributed by atoms with van der Waals surface area (Å²) in [7, 11) is 3.17. The van der Waals surface area contributed by atoms with E-state index in [1.807, 2.05) is 42.5 Å². The van der Waals surface area contributed by atoms with Crippen LogP contribution in [0.5, 0.6) is 17.2 Å². The van der Waals surface area contributed by atoms with Gasteiger partial charge in [0.1, 0.15) is 18.0 Å². The van der Waals surface area contributed by atoms with E-state index < -0.39 is 5.91 Å². The van der Waals surface area contributed by atoms with Crippen LogP contribution in [0.4, 0.5) is 5.69 Å². The van der Waals surface area contributed by atoms with Crippen LogP contribution in [0.15, 0.2) is 77.0 Å². The molecule has 2 amide bonds. The first-order valence-corrected chi connectivity index (χ1v) is 11.3. The summed E-state index contributed by atoms with van der Waals surface area (Å²) in [4.78, 5) is 27.5. The molecule has 1 heterocycles. The van der Waals surface area contributed by atoms with E-state index in [4.69, 9.17) is 14.2 Å². The molecule has 0 fully saturated rings. The van der Waals surface area contributed by atoms with Gasteiger partial charge in [0.05, 0.1) is 24.4 Å². The molecule has 0 saturated heterocycles. The van der Waals surface area contributed by atoms with Gasteiger partial charge in [-0.25, -0.2) is 0 Å². The van der Waals surface area contributed by atoms with Crippen molar-refractivity contribution in [2.75, 3.05) is 25.7 Å². The maximum atomic E-state index is 13.3. The number of amides is 2. The molecule has 1 aliphatic heterocycles. The van der Waals surface area contributed by atoms with Crippen LogP contribution in [-0.2, 0) is 16.1 Å². The predicted octanol–water partition coefficient (Wildman–Crippen LogP) is 4.55. The molecule has 0 unspecified atom stereocenters. The lowest BCUT2D eigenvalue weighted by molar-refractivity contribution is -0.123. The van der Waals surface area contributed by atoms with E-state index in [0.717, 1.165) is 15.6 Å². The number of carbonyl (C=O) groups excluding carboxylic acids is 2. The number of nitrogens with one attached hydrogen (secondary N) is 1. The molecule has 8 heteroatoms. The Morgan fingerprint density at radius 2 is 1.76 bits per heavy atom. The fourth-order valence-electron chi connectivity index (χ4n) is 3.59. The normalized spacial score (nSPS) is 13.8. The van der Waals surface area contributed by atoms with Gasteiger partial charge < -0.3 is 19.5 Å². The molecule has 0 saturated carbocycles. The van der Waals surface area contributed by atoms with Crippen LogP contribution >= 0.6 is 15.9 Å². The summed E-state index contributed by atoms with van der Waals surface area (Å²) in [5.41, 5.74) is 2.13. The van der Waals surface area contributed by atoms with E-state index >= 15 is 0 Å². The largest absolute Gasteiger partial charge is 0.496 e. The first-order valence-electron chi connectivity index (χ1n) is 10.5. The maximum Gasteiger partial charge on any atom is 0.294 e. The summed E-state index contributed by atoms with van der Waals surface area (Å²) in [6, 6.07) is 20.0. The molecule has 0 aliphatic carbocycles. The number of carbonyl (C=O) groups is 2. The first-order chi connectivity index (χ1) is 16.5. The Balaban J connectivity index is 1.55. The quantitative estimate of drug-likeness (QED) is 0.460. The van der Waals surface area contributed by atoms with Gasteiger partial charge in [-0.05, 0) is 57.9 Å². The number of para-hydroxylation sites is 3. The lowest BCUT2D eigenvalue weighted by Gasteiger charge is -2.30. The molecule has 0 spiro atoms. The van der Waals surface area contributed by atoms with Gasteiger partial charge in [-0.1, -0.05) is 36.4 Å². The van der Waals surface area contributed by atoms with Crippen LogP contribution in [0.2, 0.25) is 0 Å². The van der Waals surface area contributed by atoms with E-state index in [2.05, 4.69) is 21.2 Å². The lowest BCUT2D eigenvalue weighted by Crippen LogP contribution is -2.44. The van der Waals surface area contributed by atoms with E-state index in [9.17, 15) is 9.59 Å². The Morgan fingerprint density at radius 1 is 1.03 bits per heavy atom. The van der Waals surface area contributed by atoms with Crippen molar-refractivity contribution in [3.05, 3.63) is 88.1 Å². The van der Waals surface area contributed by atoms with Crippen LogP contribution < -0.4 is 24.4 Å². The number of hydrogen-bond acceptors (Lipinski definition) is 5. The van der Waals surface area contributed by atoms with Gasteiger partial charge in [0.15, 0.2) is 11.5 Å². The number of ether oxygens (including phenoxy) is 3. The third-order valence-electron chi connectivity index (χ3n) is 5.28. The summed E-state index contributed by atoms with van der Waals surface area (Å²) in [5.74, 6) is 1.27. The van der Waals surface area contributed by atoms with Crippen LogP contribution in [0.25, 0.3) is 6.08 Å². The maximum absolute atomic E-state index is 13.3. The minimum atomic E-state index is -0.405. The minimum absolute atomic E-state index is 0.119. The Morgan fingerprint density at radius 3 is 2.53 bits per heavy atom. The van der Waals surface area contributed by atoms with Gasteiger partial charge in [0, 0.05) is 12.1 Å². The molecule has 4 rings (SSSR count). The number of anilines is 1. The Bertz CT molecular complexity index is 1260.